The minimum atomic E-state index is -0.117. The van der Waals surface area contributed by atoms with E-state index in [1.807, 2.05) is 19.1 Å². The first-order chi connectivity index (χ1) is 8.69. The van der Waals surface area contributed by atoms with Crippen LogP contribution in [0.1, 0.15) is 26.2 Å². The van der Waals surface area contributed by atoms with Gasteiger partial charge in [-0.05, 0) is 37.5 Å². The van der Waals surface area contributed by atoms with Gasteiger partial charge in [0.05, 0.1) is 12.5 Å². The smallest absolute Gasteiger partial charge is 0.309 e. The van der Waals surface area contributed by atoms with Crippen LogP contribution in [0.4, 0.5) is 0 Å². The van der Waals surface area contributed by atoms with Gasteiger partial charge in [-0.1, -0.05) is 12.2 Å². The third kappa shape index (κ3) is 3.04. The van der Waals surface area contributed by atoms with Crippen molar-refractivity contribution in [1.82, 2.24) is 0 Å². The molecule has 1 aliphatic rings. The van der Waals surface area contributed by atoms with Crippen LogP contribution in [0.15, 0.2) is 25.3 Å². The fraction of sp³-hybridized carbons (Fsp3) is 0.562. The van der Waals surface area contributed by atoms with Crippen molar-refractivity contribution in [3.8, 4) is 12.3 Å². The van der Waals surface area contributed by atoms with Crippen molar-refractivity contribution in [2.75, 3.05) is 6.61 Å². The summed E-state index contributed by atoms with van der Waals surface area (Å²) in [5.74, 6) is 3.16. The normalized spacial score (nSPS) is 30.4. The monoisotopic (exact) mass is 246 g/mol. The Morgan fingerprint density at radius 3 is 2.61 bits per heavy atom. The van der Waals surface area contributed by atoms with Gasteiger partial charge in [0.1, 0.15) is 0 Å². The highest BCUT2D eigenvalue weighted by Crippen LogP contribution is 2.45. The number of hydrogen-bond donors (Lipinski definition) is 0. The van der Waals surface area contributed by atoms with Crippen LogP contribution >= 0.6 is 0 Å². The molecule has 0 N–H and O–H groups in total. The van der Waals surface area contributed by atoms with Gasteiger partial charge in [-0.3, -0.25) is 4.79 Å². The quantitative estimate of drug-likeness (QED) is 0.409. The predicted octanol–water partition coefficient (Wildman–Crippen LogP) is 3.20. The van der Waals surface area contributed by atoms with Crippen molar-refractivity contribution in [3.05, 3.63) is 25.3 Å². The summed E-state index contributed by atoms with van der Waals surface area (Å²) >= 11 is 0. The van der Waals surface area contributed by atoms with E-state index in [1.165, 1.54) is 0 Å². The van der Waals surface area contributed by atoms with Crippen molar-refractivity contribution in [2.24, 2.45) is 23.7 Å². The Hall–Kier alpha value is -1.49. The van der Waals surface area contributed by atoms with Crippen molar-refractivity contribution in [2.45, 2.75) is 26.2 Å². The highest BCUT2D eigenvalue weighted by atomic mass is 16.5. The van der Waals surface area contributed by atoms with E-state index in [4.69, 9.17) is 11.2 Å². The minimum Gasteiger partial charge on any atom is -0.466 e. The molecule has 98 valence electrons. The lowest BCUT2D eigenvalue weighted by Gasteiger charge is -2.22. The van der Waals surface area contributed by atoms with Gasteiger partial charge in [0.25, 0.3) is 0 Å². The lowest BCUT2D eigenvalue weighted by atomic mass is 9.83. The van der Waals surface area contributed by atoms with Gasteiger partial charge in [-0.25, -0.2) is 0 Å². The number of carbonyl (C=O) groups excluding carboxylic acids is 1. The maximum atomic E-state index is 12.1. The number of rotatable bonds is 6. The van der Waals surface area contributed by atoms with Crippen molar-refractivity contribution >= 4 is 5.97 Å². The Morgan fingerprint density at radius 1 is 1.44 bits per heavy atom. The highest BCUT2D eigenvalue weighted by molar-refractivity contribution is 5.74. The summed E-state index contributed by atoms with van der Waals surface area (Å²) in [5, 5.41) is 0. The number of allylic oxidation sites excluding steroid dienone is 2. The first-order valence-electron chi connectivity index (χ1n) is 6.54. The van der Waals surface area contributed by atoms with Crippen LogP contribution in [0.2, 0.25) is 0 Å². The van der Waals surface area contributed by atoms with E-state index >= 15 is 0 Å². The first kappa shape index (κ1) is 14.6. The molecule has 1 aliphatic carbocycles. The van der Waals surface area contributed by atoms with Crippen LogP contribution in [0.25, 0.3) is 0 Å². The molecule has 0 bridgehead atoms. The maximum absolute atomic E-state index is 12.1. The fourth-order valence-electron chi connectivity index (χ4n) is 2.97. The van der Waals surface area contributed by atoms with Crippen molar-refractivity contribution in [1.29, 1.82) is 0 Å². The third-order valence-corrected chi connectivity index (χ3v) is 3.80. The standard InChI is InChI=1S/C16H22O2/c1-5-9-10-14-12(6-2)11-13(7-3)15(14)16(17)18-8-4/h1,6-7,12-15H,2-3,8-11H2,4H3/t12?,13?,14-,15+/m0/s1. The van der Waals surface area contributed by atoms with Gasteiger partial charge in [0.15, 0.2) is 0 Å². The summed E-state index contributed by atoms with van der Waals surface area (Å²) in [6, 6.07) is 0. The number of terminal acetylenes is 1. The van der Waals surface area contributed by atoms with Gasteiger partial charge in [-0.2, -0.15) is 0 Å². The summed E-state index contributed by atoms with van der Waals surface area (Å²) in [6.45, 7) is 9.96. The SMILES string of the molecule is C#CCC[C@H]1C(C=C)CC(C=C)[C@H]1C(=O)OCC. The molecule has 1 fully saturated rings. The highest BCUT2D eigenvalue weighted by Gasteiger charge is 2.44. The molecule has 2 nitrogen and oxygen atoms in total. The molecule has 2 unspecified atom stereocenters. The average Bonchev–Trinajstić information content (AvgIpc) is 2.74. The summed E-state index contributed by atoms with van der Waals surface area (Å²) in [5.41, 5.74) is 0. The van der Waals surface area contributed by atoms with Crippen LogP contribution in [-0.2, 0) is 9.53 Å². The number of carbonyl (C=O) groups is 1. The summed E-state index contributed by atoms with van der Waals surface area (Å²) in [7, 11) is 0. The molecule has 0 heterocycles. The summed E-state index contributed by atoms with van der Waals surface area (Å²) in [6.07, 6.45) is 11.6. The lowest BCUT2D eigenvalue weighted by molar-refractivity contribution is -0.150. The van der Waals surface area contributed by atoms with Crippen molar-refractivity contribution < 1.29 is 9.53 Å². The molecule has 2 heteroatoms. The van der Waals surface area contributed by atoms with E-state index < -0.39 is 0 Å². The van der Waals surface area contributed by atoms with Crippen molar-refractivity contribution in [3.63, 3.8) is 0 Å². The lowest BCUT2D eigenvalue weighted by Crippen LogP contribution is -2.27. The van der Waals surface area contributed by atoms with E-state index in [1.54, 1.807) is 0 Å². The molecule has 1 saturated carbocycles. The molecule has 0 aromatic heterocycles. The van der Waals surface area contributed by atoms with Crippen LogP contribution in [-0.4, -0.2) is 12.6 Å². The van der Waals surface area contributed by atoms with Crippen LogP contribution in [0.5, 0.6) is 0 Å². The second-order valence-electron chi connectivity index (χ2n) is 4.72. The number of hydrogen-bond acceptors (Lipinski definition) is 2. The third-order valence-electron chi connectivity index (χ3n) is 3.80. The molecule has 0 amide bonds. The van der Waals surface area contributed by atoms with E-state index in [-0.39, 0.29) is 23.7 Å². The van der Waals surface area contributed by atoms with Gasteiger partial charge in [0.2, 0.25) is 0 Å². The molecule has 0 radical (unpaired) electrons. The Morgan fingerprint density at radius 2 is 2.11 bits per heavy atom. The van der Waals surface area contributed by atoms with Gasteiger partial charge in [0, 0.05) is 6.42 Å². The summed E-state index contributed by atoms with van der Waals surface area (Å²) in [4.78, 5) is 12.1. The average molecular weight is 246 g/mol. The Balaban J connectivity index is 2.89. The minimum absolute atomic E-state index is 0.112. The Bertz CT molecular complexity index is 351. The Kier molecular flexibility index (Phi) is 5.71. The molecule has 4 atom stereocenters. The number of ether oxygens (including phenoxy) is 1. The second-order valence-corrected chi connectivity index (χ2v) is 4.72. The van der Waals surface area contributed by atoms with E-state index in [0.717, 1.165) is 12.8 Å². The predicted molar refractivity (Wildman–Crippen MR) is 73.7 cm³/mol. The molecule has 1 rings (SSSR count). The van der Waals surface area contributed by atoms with E-state index in [0.29, 0.717) is 18.9 Å². The van der Waals surface area contributed by atoms with E-state index in [2.05, 4.69) is 19.1 Å². The fourth-order valence-corrected chi connectivity index (χ4v) is 2.97. The number of esters is 1. The van der Waals surface area contributed by atoms with Crippen LogP contribution < -0.4 is 0 Å². The van der Waals surface area contributed by atoms with Crippen LogP contribution in [0.3, 0.4) is 0 Å². The zero-order valence-electron chi connectivity index (χ0n) is 11.1. The second kappa shape index (κ2) is 7.06. The molecule has 0 saturated heterocycles. The first-order valence-corrected chi connectivity index (χ1v) is 6.54. The molecule has 18 heavy (non-hydrogen) atoms. The van der Waals surface area contributed by atoms with Crippen LogP contribution in [0, 0.1) is 36.0 Å². The Labute approximate surface area is 110 Å². The van der Waals surface area contributed by atoms with E-state index in [9.17, 15) is 4.79 Å². The maximum Gasteiger partial charge on any atom is 0.309 e. The molecule has 0 aliphatic heterocycles. The van der Waals surface area contributed by atoms with Gasteiger partial charge >= 0.3 is 5.97 Å². The molecular weight excluding hydrogens is 224 g/mol. The molecular formula is C16H22O2. The summed E-state index contributed by atoms with van der Waals surface area (Å²) < 4.78 is 5.19. The largest absolute Gasteiger partial charge is 0.466 e. The van der Waals surface area contributed by atoms with Gasteiger partial charge < -0.3 is 4.74 Å². The zero-order valence-corrected chi connectivity index (χ0v) is 11.1. The molecule has 0 aromatic rings. The topological polar surface area (TPSA) is 26.3 Å². The molecule has 0 spiro atoms. The zero-order chi connectivity index (χ0) is 13.5. The van der Waals surface area contributed by atoms with Gasteiger partial charge in [-0.15, -0.1) is 25.5 Å². The molecule has 0 aromatic carbocycles.